The van der Waals surface area contributed by atoms with Crippen LogP contribution >= 0.6 is 27.5 Å². The normalized spacial score (nSPS) is 16.8. The highest BCUT2D eigenvalue weighted by Crippen LogP contribution is 2.25. The quantitative estimate of drug-likeness (QED) is 0.824. The standard InChI is InChI=1S/C15H20BrClN2O/c1-18(2)10-11-5-7-19(8-6-11)15(20)13-9-12(16)3-4-14(13)17/h3-4,9,11H,5-8,10H2,1-2H3. The van der Waals surface area contributed by atoms with Gasteiger partial charge in [-0.3, -0.25) is 4.79 Å². The molecule has 20 heavy (non-hydrogen) atoms. The first-order valence-electron chi connectivity index (χ1n) is 6.86. The van der Waals surface area contributed by atoms with Gasteiger partial charge in [-0.1, -0.05) is 27.5 Å². The first-order chi connectivity index (χ1) is 9.47. The lowest BCUT2D eigenvalue weighted by atomic mass is 9.96. The minimum atomic E-state index is 0.0413. The predicted molar refractivity (Wildman–Crippen MR) is 86.3 cm³/mol. The molecule has 0 unspecified atom stereocenters. The fourth-order valence-electron chi connectivity index (χ4n) is 2.67. The van der Waals surface area contributed by atoms with Crippen molar-refractivity contribution in [1.29, 1.82) is 0 Å². The summed E-state index contributed by atoms with van der Waals surface area (Å²) in [6.07, 6.45) is 2.13. The number of carbonyl (C=O) groups is 1. The van der Waals surface area contributed by atoms with Crippen LogP contribution in [-0.4, -0.2) is 49.4 Å². The van der Waals surface area contributed by atoms with Crippen LogP contribution in [0.25, 0.3) is 0 Å². The van der Waals surface area contributed by atoms with Crippen LogP contribution < -0.4 is 0 Å². The number of piperidine rings is 1. The van der Waals surface area contributed by atoms with Gasteiger partial charge in [0.25, 0.3) is 5.91 Å². The second-order valence-corrected chi connectivity index (χ2v) is 6.94. The van der Waals surface area contributed by atoms with Crippen molar-refractivity contribution < 1.29 is 4.79 Å². The Morgan fingerprint density at radius 3 is 2.65 bits per heavy atom. The Kier molecular flexibility index (Phi) is 5.47. The Labute approximate surface area is 134 Å². The zero-order valence-corrected chi connectivity index (χ0v) is 14.2. The summed E-state index contributed by atoms with van der Waals surface area (Å²) in [6.45, 7) is 2.74. The maximum Gasteiger partial charge on any atom is 0.255 e. The third-order valence-electron chi connectivity index (χ3n) is 3.68. The predicted octanol–water partition coefficient (Wildman–Crippen LogP) is 3.52. The highest BCUT2D eigenvalue weighted by Gasteiger charge is 2.25. The number of hydrogen-bond acceptors (Lipinski definition) is 2. The number of likely N-dealkylation sites (tertiary alicyclic amines) is 1. The summed E-state index contributed by atoms with van der Waals surface area (Å²) in [4.78, 5) is 16.6. The molecule has 1 amide bonds. The molecule has 1 saturated heterocycles. The van der Waals surface area contributed by atoms with E-state index in [2.05, 4.69) is 34.9 Å². The SMILES string of the molecule is CN(C)CC1CCN(C(=O)c2cc(Br)ccc2Cl)CC1. The molecule has 110 valence electrons. The highest BCUT2D eigenvalue weighted by atomic mass is 79.9. The van der Waals surface area contributed by atoms with Crippen molar-refractivity contribution in [3.63, 3.8) is 0 Å². The van der Waals surface area contributed by atoms with Crippen LogP contribution in [0, 0.1) is 5.92 Å². The van der Waals surface area contributed by atoms with Crippen molar-refractivity contribution in [2.45, 2.75) is 12.8 Å². The second-order valence-electron chi connectivity index (χ2n) is 5.62. The maximum atomic E-state index is 12.5. The molecule has 0 aromatic heterocycles. The number of halogens is 2. The van der Waals surface area contributed by atoms with E-state index in [0.717, 1.165) is 36.9 Å². The molecule has 1 aromatic rings. The van der Waals surface area contributed by atoms with Crippen molar-refractivity contribution in [2.24, 2.45) is 5.92 Å². The van der Waals surface area contributed by atoms with E-state index in [1.165, 1.54) is 0 Å². The largest absolute Gasteiger partial charge is 0.339 e. The number of benzene rings is 1. The van der Waals surface area contributed by atoms with Crippen LogP contribution in [0.1, 0.15) is 23.2 Å². The van der Waals surface area contributed by atoms with Crippen LogP contribution in [0.3, 0.4) is 0 Å². The average molecular weight is 360 g/mol. The number of carbonyl (C=O) groups excluding carboxylic acids is 1. The van der Waals surface area contributed by atoms with Crippen LogP contribution in [-0.2, 0) is 0 Å². The molecule has 1 heterocycles. The van der Waals surface area contributed by atoms with Gasteiger partial charge in [0, 0.05) is 24.1 Å². The average Bonchev–Trinajstić information content (AvgIpc) is 2.41. The first kappa shape index (κ1) is 15.8. The van der Waals surface area contributed by atoms with Crippen LogP contribution in [0.15, 0.2) is 22.7 Å². The van der Waals surface area contributed by atoms with Gasteiger partial charge in [0.15, 0.2) is 0 Å². The summed E-state index contributed by atoms with van der Waals surface area (Å²) in [5.74, 6) is 0.728. The molecule has 0 saturated carbocycles. The molecular weight excluding hydrogens is 340 g/mol. The molecule has 1 aromatic carbocycles. The van der Waals surface area contributed by atoms with Gasteiger partial charge in [0.2, 0.25) is 0 Å². The van der Waals surface area contributed by atoms with Crippen molar-refractivity contribution in [3.05, 3.63) is 33.3 Å². The minimum Gasteiger partial charge on any atom is -0.339 e. The topological polar surface area (TPSA) is 23.6 Å². The molecule has 0 aliphatic carbocycles. The number of nitrogens with zero attached hydrogens (tertiary/aromatic N) is 2. The van der Waals surface area contributed by atoms with Crippen molar-refractivity contribution in [3.8, 4) is 0 Å². The maximum absolute atomic E-state index is 12.5. The Morgan fingerprint density at radius 1 is 1.40 bits per heavy atom. The van der Waals surface area contributed by atoms with Gasteiger partial charge >= 0.3 is 0 Å². The third-order valence-corrected chi connectivity index (χ3v) is 4.51. The second kappa shape index (κ2) is 6.92. The molecule has 0 bridgehead atoms. The van der Waals surface area contributed by atoms with E-state index >= 15 is 0 Å². The molecule has 2 rings (SSSR count). The fourth-order valence-corrected chi connectivity index (χ4v) is 3.23. The van der Waals surface area contributed by atoms with Gasteiger partial charge in [-0.15, -0.1) is 0 Å². The van der Waals surface area contributed by atoms with Crippen molar-refractivity contribution >= 4 is 33.4 Å². The van der Waals surface area contributed by atoms with E-state index in [1.807, 2.05) is 11.0 Å². The van der Waals surface area contributed by atoms with Crippen molar-refractivity contribution in [1.82, 2.24) is 9.80 Å². The monoisotopic (exact) mass is 358 g/mol. The van der Waals surface area contributed by atoms with E-state index < -0.39 is 0 Å². The summed E-state index contributed by atoms with van der Waals surface area (Å²) in [6, 6.07) is 5.41. The highest BCUT2D eigenvalue weighted by molar-refractivity contribution is 9.10. The van der Waals surface area contributed by atoms with Gasteiger partial charge in [0.1, 0.15) is 0 Å². The molecule has 1 aliphatic rings. The Bertz CT molecular complexity index is 485. The summed E-state index contributed by atoms with van der Waals surface area (Å²) in [5.41, 5.74) is 0.590. The molecule has 1 aliphatic heterocycles. The molecule has 5 heteroatoms. The van der Waals surface area contributed by atoms with E-state index in [9.17, 15) is 4.79 Å². The molecule has 0 N–H and O–H groups in total. The van der Waals surface area contributed by atoms with E-state index in [1.54, 1.807) is 12.1 Å². The number of amides is 1. The van der Waals surface area contributed by atoms with Gasteiger partial charge in [-0.2, -0.15) is 0 Å². The Balaban J connectivity index is 2.00. The Hall–Kier alpha value is -0.580. The summed E-state index contributed by atoms with van der Waals surface area (Å²) >= 11 is 9.52. The summed E-state index contributed by atoms with van der Waals surface area (Å²) < 4.78 is 0.882. The van der Waals surface area contributed by atoms with Crippen LogP contribution in [0.2, 0.25) is 5.02 Å². The molecule has 0 radical (unpaired) electrons. The van der Waals surface area contributed by atoms with Gasteiger partial charge in [-0.25, -0.2) is 0 Å². The lowest BCUT2D eigenvalue weighted by Crippen LogP contribution is -2.40. The van der Waals surface area contributed by atoms with E-state index in [4.69, 9.17) is 11.6 Å². The number of hydrogen-bond donors (Lipinski definition) is 0. The lowest BCUT2D eigenvalue weighted by molar-refractivity contribution is 0.0678. The fraction of sp³-hybridized carbons (Fsp3) is 0.533. The Morgan fingerprint density at radius 2 is 2.05 bits per heavy atom. The van der Waals surface area contributed by atoms with Crippen LogP contribution in [0.4, 0.5) is 0 Å². The smallest absolute Gasteiger partial charge is 0.255 e. The summed E-state index contributed by atoms with van der Waals surface area (Å²) in [7, 11) is 4.19. The molecule has 0 spiro atoms. The van der Waals surface area contributed by atoms with Gasteiger partial charge in [-0.05, 0) is 51.1 Å². The van der Waals surface area contributed by atoms with Crippen LogP contribution in [0.5, 0.6) is 0 Å². The van der Waals surface area contributed by atoms with E-state index in [0.29, 0.717) is 16.5 Å². The summed E-state index contributed by atoms with van der Waals surface area (Å²) in [5, 5.41) is 0.522. The minimum absolute atomic E-state index is 0.0413. The molecule has 1 fully saturated rings. The zero-order valence-electron chi connectivity index (χ0n) is 11.9. The molecule has 0 atom stereocenters. The molecule has 3 nitrogen and oxygen atoms in total. The zero-order chi connectivity index (χ0) is 14.7. The van der Waals surface area contributed by atoms with Gasteiger partial charge in [0.05, 0.1) is 10.6 Å². The molecular formula is C15H20BrClN2O. The lowest BCUT2D eigenvalue weighted by Gasteiger charge is -2.33. The number of rotatable bonds is 3. The van der Waals surface area contributed by atoms with Crippen molar-refractivity contribution in [2.75, 3.05) is 33.7 Å². The third kappa shape index (κ3) is 3.96. The van der Waals surface area contributed by atoms with Gasteiger partial charge < -0.3 is 9.80 Å². The van der Waals surface area contributed by atoms with E-state index in [-0.39, 0.29) is 5.91 Å². The first-order valence-corrected chi connectivity index (χ1v) is 8.03.